The minimum atomic E-state index is -0.505. The molecule has 0 bridgehead atoms. The van der Waals surface area contributed by atoms with Crippen molar-refractivity contribution in [3.8, 4) is 0 Å². The SMILES string of the molecule is C=CC(=O)ONC1C(O)CCC1CCCC(C)C. The van der Waals surface area contributed by atoms with Gasteiger partial charge < -0.3 is 9.94 Å². The lowest BCUT2D eigenvalue weighted by atomic mass is 9.94. The van der Waals surface area contributed by atoms with Crippen molar-refractivity contribution in [1.29, 1.82) is 0 Å². The van der Waals surface area contributed by atoms with Crippen LogP contribution in [-0.2, 0) is 9.63 Å². The van der Waals surface area contributed by atoms with E-state index in [1.54, 1.807) is 0 Å². The highest BCUT2D eigenvalue weighted by atomic mass is 16.7. The molecule has 104 valence electrons. The zero-order valence-corrected chi connectivity index (χ0v) is 11.4. The maximum absolute atomic E-state index is 11.0. The minimum absolute atomic E-state index is 0.138. The van der Waals surface area contributed by atoms with Crippen LogP contribution in [0.3, 0.4) is 0 Å². The Kier molecular flexibility index (Phi) is 6.36. The van der Waals surface area contributed by atoms with Gasteiger partial charge in [0.25, 0.3) is 0 Å². The molecule has 1 rings (SSSR count). The number of hydrogen-bond acceptors (Lipinski definition) is 4. The van der Waals surface area contributed by atoms with Crippen molar-refractivity contribution in [2.24, 2.45) is 11.8 Å². The van der Waals surface area contributed by atoms with E-state index >= 15 is 0 Å². The molecule has 0 aromatic carbocycles. The van der Waals surface area contributed by atoms with Gasteiger partial charge in [0.1, 0.15) is 0 Å². The summed E-state index contributed by atoms with van der Waals surface area (Å²) in [4.78, 5) is 15.8. The van der Waals surface area contributed by atoms with Crippen LogP contribution in [0.25, 0.3) is 0 Å². The highest BCUT2D eigenvalue weighted by molar-refractivity contribution is 5.80. The topological polar surface area (TPSA) is 58.6 Å². The van der Waals surface area contributed by atoms with Gasteiger partial charge in [0, 0.05) is 6.08 Å². The second-order valence-electron chi connectivity index (χ2n) is 5.50. The summed E-state index contributed by atoms with van der Waals surface area (Å²) in [7, 11) is 0. The van der Waals surface area contributed by atoms with Crippen LogP contribution < -0.4 is 5.48 Å². The van der Waals surface area contributed by atoms with E-state index in [9.17, 15) is 9.90 Å². The number of hydroxylamine groups is 1. The minimum Gasteiger partial charge on any atom is -0.391 e. The molecule has 1 aliphatic carbocycles. The van der Waals surface area contributed by atoms with Crippen LogP contribution in [-0.4, -0.2) is 23.2 Å². The fraction of sp³-hybridized carbons (Fsp3) is 0.786. The Morgan fingerprint density at radius 2 is 2.28 bits per heavy atom. The maximum Gasteiger partial charge on any atom is 0.348 e. The molecule has 1 saturated carbocycles. The molecular weight excluding hydrogens is 230 g/mol. The molecule has 0 heterocycles. The fourth-order valence-electron chi connectivity index (χ4n) is 2.51. The van der Waals surface area contributed by atoms with Crippen molar-refractivity contribution in [2.75, 3.05) is 0 Å². The second kappa shape index (κ2) is 7.54. The lowest BCUT2D eigenvalue weighted by Crippen LogP contribution is -2.41. The molecule has 0 aliphatic heterocycles. The van der Waals surface area contributed by atoms with E-state index in [0.717, 1.165) is 31.8 Å². The zero-order chi connectivity index (χ0) is 13.5. The number of hydrogen-bond donors (Lipinski definition) is 2. The highest BCUT2D eigenvalue weighted by Gasteiger charge is 2.35. The van der Waals surface area contributed by atoms with Crippen molar-refractivity contribution in [2.45, 2.75) is 58.1 Å². The summed E-state index contributed by atoms with van der Waals surface area (Å²) in [5, 5.41) is 9.87. The van der Waals surface area contributed by atoms with Gasteiger partial charge in [0.05, 0.1) is 12.1 Å². The Bertz CT molecular complexity index is 278. The third kappa shape index (κ3) is 4.78. The summed E-state index contributed by atoms with van der Waals surface area (Å²) in [5.74, 6) is 0.590. The Hall–Kier alpha value is -0.870. The average molecular weight is 255 g/mol. The summed E-state index contributed by atoms with van der Waals surface area (Å²) in [6.45, 7) is 7.76. The smallest absolute Gasteiger partial charge is 0.348 e. The molecule has 0 amide bonds. The van der Waals surface area contributed by atoms with E-state index in [1.165, 1.54) is 6.42 Å². The first-order valence-electron chi connectivity index (χ1n) is 6.81. The summed E-state index contributed by atoms with van der Waals surface area (Å²) < 4.78 is 0. The van der Waals surface area contributed by atoms with Crippen LogP contribution in [0.2, 0.25) is 0 Å². The summed E-state index contributed by atoms with van der Waals surface area (Å²) in [5.41, 5.74) is 2.70. The first-order chi connectivity index (χ1) is 8.54. The zero-order valence-electron chi connectivity index (χ0n) is 11.4. The monoisotopic (exact) mass is 255 g/mol. The number of aliphatic hydroxyl groups is 1. The van der Waals surface area contributed by atoms with Gasteiger partial charge in [0.2, 0.25) is 0 Å². The molecule has 1 fully saturated rings. The Balaban J connectivity index is 2.36. The van der Waals surface area contributed by atoms with Crippen LogP contribution >= 0.6 is 0 Å². The summed E-state index contributed by atoms with van der Waals surface area (Å²) in [6, 6.07) is -0.138. The predicted molar refractivity (Wildman–Crippen MR) is 70.6 cm³/mol. The Morgan fingerprint density at radius 3 is 2.89 bits per heavy atom. The maximum atomic E-state index is 11.0. The molecule has 18 heavy (non-hydrogen) atoms. The van der Waals surface area contributed by atoms with E-state index in [-0.39, 0.29) is 6.04 Å². The van der Waals surface area contributed by atoms with Gasteiger partial charge in [-0.3, -0.25) is 0 Å². The van der Waals surface area contributed by atoms with Gasteiger partial charge in [-0.1, -0.05) is 33.3 Å². The van der Waals surface area contributed by atoms with Gasteiger partial charge in [-0.25, -0.2) is 4.79 Å². The molecule has 0 aromatic rings. The third-order valence-corrected chi connectivity index (χ3v) is 3.57. The van der Waals surface area contributed by atoms with E-state index in [1.807, 2.05) is 0 Å². The largest absolute Gasteiger partial charge is 0.391 e. The molecule has 3 atom stereocenters. The second-order valence-corrected chi connectivity index (χ2v) is 5.50. The molecule has 3 unspecified atom stereocenters. The predicted octanol–water partition coefficient (Wildman–Crippen LogP) is 2.19. The average Bonchev–Trinajstić information content (AvgIpc) is 2.67. The Morgan fingerprint density at radius 1 is 1.56 bits per heavy atom. The molecule has 0 radical (unpaired) electrons. The van der Waals surface area contributed by atoms with Crippen molar-refractivity contribution in [1.82, 2.24) is 5.48 Å². The standard InChI is InChI=1S/C14H25NO3/c1-4-13(17)18-15-14-11(8-9-12(14)16)7-5-6-10(2)3/h4,10-12,14-16H,1,5-9H2,2-3H3. The van der Waals surface area contributed by atoms with Crippen LogP contribution in [0.1, 0.15) is 46.0 Å². The van der Waals surface area contributed by atoms with Crippen molar-refractivity contribution >= 4 is 5.97 Å². The van der Waals surface area contributed by atoms with Crippen LogP contribution in [0.5, 0.6) is 0 Å². The van der Waals surface area contributed by atoms with E-state index in [0.29, 0.717) is 11.8 Å². The molecule has 0 saturated heterocycles. The van der Waals surface area contributed by atoms with Crippen molar-refractivity contribution in [3.63, 3.8) is 0 Å². The van der Waals surface area contributed by atoms with Gasteiger partial charge in [0.15, 0.2) is 0 Å². The lowest BCUT2D eigenvalue weighted by molar-refractivity contribution is -0.149. The fourth-order valence-corrected chi connectivity index (χ4v) is 2.51. The van der Waals surface area contributed by atoms with Crippen LogP contribution in [0, 0.1) is 11.8 Å². The first-order valence-corrected chi connectivity index (χ1v) is 6.81. The number of aliphatic hydroxyl groups excluding tert-OH is 1. The third-order valence-electron chi connectivity index (χ3n) is 3.57. The molecule has 2 N–H and O–H groups in total. The molecular formula is C14H25NO3. The van der Waals surface area contributed by atoms with E-state index in [2.05, 4.69) is 25.9 Å². The van der Waals surface area contributed by atoms with Gasteiger partial charge in [-0.15, -0.1) is 5.48 Å². The highest BCUT2D eigenvalue weighted by Crippen LogP contribution is 2.30. The Labute approximate surface area is 109 Å². The van der Waals surface area contributed by atoms with Gasteiger partial charge in [-0.05, 0) is 31.1 Å². The summed E-state index contributed by atoms with van der Waals surface area (Å²) >= 11 is 0. The lowest BCUT2D eigenvalue weighted by Gasteiger charge is -2.22. The first kappa shape index (κ1) is 15.2. The molecule has 4 heteroatoms. The molecule has 0 aromatic heterocycles. The van der Waals surface area contributed by atoms with Crippen molar-refractivity contribution < 1.29 is 14.7 Å². The number of carbonyl (C=O) groups excluding carboxylic acids is 1. The molecule has 4 nitrogen and oxygen atoms in total. The van der Waals surface area contributed by atoms with E-state index in [4.69, 9.17) is 4.84 Å². The van der Waals surface area contributed by atoms with Crippen LogP contribution in [0.4, 0.5) is 0 Å². The van der Waals surface area contributed by atoms with Gasteiger partial charge in [-0.2, -0.15) is 0 Å². The van der Waals surface area contributed by atoms with Crippen LogP contribution in [0.15, 0.2) is 12.7 Å². The molecule has 1 aliphatic rings. The normalized spacial score (nSPS) is 27.4. The quantitative estimate of drug-likeness (QED) is 0.541. The number of nitrogens with one attached hydrogen (secondary N) is 1. The number of rotatable bonds is 7. The van der Waals surface area contributed by atoms with E-state index < -0.39 is 12.1 Å². The van der Waals surface area contributed by atoms with Gasteiger partial charge >= 0.3 is 5.97 Å². The molecule has 0 spiro atoms. The van der Waals surface area contributed by atoms with Crippen molar-refractivity contribution in [3.05, 3.63) is 12.7 Å². The number of carbonyl (C=O) groups is 1. The summed E-state index contributed by atoms with van der Waals surface area (Å²) in [6.07, 6.45) is 5.87.